The van der Waals surface area contributed by atoms with Crippen molar-refractivity contribution in [1.82, 2.24) is 4.90 Å². The Balaban J connectivity index is 1.98. The van der Waals surface area contributed by atoms with E-state index in [-0.39, 0.29) is 5.78 Å². The van der Waals surface area contributed by atoms with Gasteiger partial charge in [-0.3, -0.25) is 9.69 Å². The maximum atomic E-state index is 12.2. The summed E-state index contributed by atoms with van der Waals surface area (Å²) in [5.74, 6) is 0.177. The van der Waals surface area contributed by atoms with Crippen molar-refractivity contribution in [3.05, 3.63) is 71.3 Å². The van der Waals surface area contributed by atoms with Crippen LogP contribution in [0.3, 0.4) is 0 Å². The Morgan fingerprint density at radius 3 is 2.32 bits per heavy atom. The highest BCUT2D eigenvalue weighted by molar-refractivity contribution is 5.98. The summed E-state index contributed by atoms with van der Waals surface area (Å²) >= 11 is 0. The highest BCUT2D eigenvalue weighted by atomic mass is 16.1. The first-order valence-corrected chi connectivity index (χ1v) is 6.48. The van der Waals surface area contributed by atoms with Crippen LogP contribution in [0.2, 0.25) is 0 Å². The van der Waals surface area contributed by atoms with E-state index in [1.54, 1.807) is 0 Å². The maximum absolute atomic E-state index is 12.2. The normalized spacial score (nSPS) is 10.7. The van der Waals surface area contributed by atoms with E-state index < -0.39 is 0 Å². The number of carbonyl (C=O) groups is 1. The number of hydrogen-bond donors (Lipinski definition) is 0. The second kappa shape index (κ2) is 6.30. The molecule has 2 nitrogen and oxygen atoms in total. The second-order valence-corrected chi connectivity index (χ2v) is 4.90. The molecule has 0 aliphatic rings. The SMILES string of the molecule is Cc1ccccc1C(=O)CN(C)Cc1ccccc1. The smallest absolute Gasteiger partial charge is 0.177 e. The Morgan fingerprint density at radius 1 is 1.00 bits per heavy atom. The van der Waals surface area contributed by atoms with Crippen molar-refractivity contribution >= 4 is 5.78 Å². The maximum Gasteiger partial charge on any atom is 0.177 e. The lowest BCUT2D eigenvalue weighted by Gasteiger charge is -2.16. The van der Waals surface area contributed by atoms with Crippen molar-refractivity contribution in [3.63, 3.8) is 0 Å². The molecule has 0 unspecified atom stereocenters. The Labute approximate surface area is 114 Å². The molecule has 2 aromatic rings. The zero-order valence-corrected chi connectivity index (χ0v) is 11.5. The summed E-state index contributed by atoms with van der Waals surface area (Å²) in [5, 5.41) is 0. The van der Waals surface area contributed by atoms with Gasteiger partial charge in [0.15, 0.2) is 5.78 Å². The van der Waals surface area contributed by atoms with Crippen molar-refractivity contribution < 1.29 is 4.79 Å². The first-order chi connectivity index (χ1) is 9.16. The average Bonchev–Trinajstić information content (AvgIpc) is 2.40. The van der Waals surface area contributed by atoms with Crippen LogP contribution in [-0.4, -0.2) is 24.3 Å². The molecule has 0 heterocycles. The van der Waals surface area contributed by atoms with Gasteiger partial charge in [-0.2, -0.15) is 0 Å². The number of Topliss-reactive ketones (excluding diaryl/α,β-unsaturated/α-hetero) is 1. The van der Waals surface area contributed by atoms with Gasteiger partial charge in [0.1, 0.15) is 0 Å². The molecule has 0 amide bonds. The van der Waals surface area contributed by atoms with E-state index in [1.807, 2.05) is 61.3 Å². The van der Waals surface area contributed by atoms with Gasteiger partial charge in [-0.1, -0.05) is 54.6 Å². The highest BCUT2D eigenvalue weighted by Gasteiger charge is 2.11. The summed E-state index contributed by atoms with van der Waals surface area (Å²) in [6.45, 7) is 3.21. The lowest BCUT2D eigenvalue weighted by atomic mass is 10.0. The molecule has 0 saturated carbocycles. The Kier molecular flexibility index (Phi) is 4.48. The molecule has 0 saturated heterocycles. The molecule has 0 fully saturated rings. The molecule has 0 bridgehead atoms. The van der Waals surface area contributed by atoms with Crippen molar-refractivity contribution in [2.24, 2.45) is 0 Å². The van der Waals surface area contributed by atoms with Crippen molar-refractivity contribution in [2.75, 3.05) is 13.6 Å². The first kappa shape index (κ1) is 13.5. The Morgan fingerprint density at radius 2 is 1.63 bits per heavy atom. The van der Waals surface area contributed by atoms with E-state index >= 15 is 0 Å². The van der Waals surface area contributed by atoms with Crippen LogP contribution in [0.1, 0.15) is 21.5 Å². The van der Waals surface area contributed by atoms with Gasteiger partial charge in [0, 0.05) is 12.1 Å². The number of benzene rings is 2. The van der Waals surface area contributed by atoms with Crippen LogP contribution in [-0.2, 0) is 6.54 Å². The molecular weight excluding hydrogens is 234 g/mol. The number of rotatable bonds is 5. The lowest BCUT2D eigenvalue weighted by Crippen LogP contribution is -2.26. The molecule has 0 aliphatic heterocycles. The summed E-state index contributed by atoms with van der Waals surface area (Å²) in [6, 6.07) is 17.9. The molecule has 98 valence electrons. The molecule has 0 spiro atoms. The lowest BCUT2D eigenvalue weighted by molar-refractivity contribution is 0.0942. The summed E-state index contributed by atoms with van der Waals surface area (Å²) in [7, 11) is 1.98. The van der Waals surface area contributed by atoms with Crippen LogP contribution in [0.4, 0.5) is 0 Å². The molecule has 0 atom stereocenters. The second-order valence-electron chi connectivity index (χ2n) is 4.90. The average molecular weight is 253 g/mol. The molecule has 2 rings (SSSR count). The minimum absolute atomic E-state index is 0.177. The van der Waals surface area contributed by atoms with Crippen LogP contribution in [0.5, 0.6) is 0 Å². The summed E-state index contributed by atoms with van der Waals surface area (Å²) < 4.78 is 0. The number of hydrogen-bond acceptors (Lipinski definition) is 2. The quantitative estimate of drug-likeness (QED) is 0.762. The van der Waals surface area contributed by atoms with Crippen molar-refractivity contribution in [3.8, 4) is 0 Å². The Hall–Kier alpha value is -1.93. The number of carbonyl (C=O) groups excluding carboxylic acids is 1. The first-order valence-electron chi connectivity index (χ1n) is 6.48. The van der Waals surface area contributed by atoms with E-state index in [2.05, 4.69) is 12.1 Å². The molecule has 2 heteroatoms. The van der Waals surface area contributed by atoms with E-state index in [4.69, 9.17) is 0 Å². The van der Waals surface area contributed by atoms with E-state index in [0.29, 0.717) is 6.54 Å². The molecular formula is C17H19NO. The molecule has 0 aromatic heterocycles. The van der Waals surface area contributed by atoms with Crippen molar-refractivity contribution in [1.29, 1.82) is 0 Å². The largest absolute Gasteiger partial charge is 0.295 e. The highest BCUT2D eigenvalue weighted by Crippen LogP contribution is 2.09. The van der Waals surface area contributed by atoms with Gasteiger partial charge >= 0.3 is 0 Å². The molecule has 19 heavy (non-hydrogen) atoms. The fourth-order valence-corrected chi connectivity index (χ4v) is 2.17. The van der Waals surface area contributed by atoms with Gasteiger partial charge in [0.2, 0.25) is 0 Å². The van der Waals surface area contributed by atoms with E-state index in [0.717, 1.165) is 17.7 Å². The summed E-state index contributed by atoms with van der Waals surface area (Å²) in [6.07, 6.45) is 0. The zero-order chi connectivity index (χ0) is 13.7. The topological polar surface area (TPSA) is 20.3 Å². The third kappa shape index (κ3) is 3.76. The zero-order valence-electron chi connectivity index (χ0n) is 11.5. The predicted octanol–water partition coefficient (Wildman–Crippen LogP) is 3.31. The molecule has 2 aromatic carbocycles. The van der Waals surface area contributed by atoms with Crippen LogP contribution < -0.4 is 0 Å². The van der Waals surface area contributed by atoms with Gasteiger partial charge in [-0.25, -0.2) is 0 Å². The van der Waals surface area contributed by atoms with Crippen LogP contribution >= 0.6 is 0 Å². The predicted molar refractivity (Wildman–Crippen MR) is 78.3 cm³/mol. The van der Waals surface area contributed by atoms with E-state index in [9.17, 15) is 4.79 Å². The van der Waals surface area contributed by atoms with Gasteiger partial charge in [-0.15, -0.1) is 0 Å². The van der Waals surface area contributed by atoms with Crippen LogP contribution in [0.15, 0.2) is 54.6 Å². The van der Waals surface area contributed by atoms with Crippen LogP contribution in [0.25, 0.3) is 0 Å². The fourth-order valence-electron chi connectivity index (χ4n) is 2.17. The minimum Gasteiger partial charge on any atom is -0.295 e. The standard InChI is InChI=1S/C17H19NO/c1-14-8-6-7-11-16(14)17(19)13-18(2)12-15-9-4-3-5-10-15/h3-11H,12-13H2,1-2H3. The Bertz CT molecular complexity index is 548. The summed E-state index contributed by atoms with van der Waals surface area (Å²) in [5.41, 5.74) is 3.09. The summed E-state index contributed by atoms with van der Waals surface area (Å²) in [4.78, 5) is 14.3. The van der Waals surface area contributed by atoms with Crippen molar-refractivity contribution in [2.45, 2.75) is 13.5 Å². The fraction of sp³-hybridized carbons (Fsp3) is 0.235. The monoisotopic (exact) mass is 253 g/mol. The van der Waals surface area contributed by atoms with Crippen LogP contribution in [0, 0.1) is 6.92 Å². The van der Waals surface area contributed by atoms with Gasteiger partial charge in [0.05, 0.1) is 6.54 Å². The van der Waals surface area contributed by atoms with E-state index in [1.165, 1.54) is 5.56 Å². The number of ketones is 1. The minimum atomic E-state index is 0.177. The number of likely N-dealkylation sites (N-methyl/N-ethyl adjacent to an activating group) is 1. The van der Waals surface area contributed by atoms with Gasteiger partial charge in [-0.05, 0) is 25.1 Å². The number of aryl methyl sites for hydroxylation is 1. The molecule has 0 aliphatic carbocycles. The third-order valence-corrected chi connectivity index (χ3v) is 3.15. The number of nitrogens with zero attached hydrogens (tertiary/aromatic N) is 1. The third-order valence-electron chi connectivity index (χ3n) is 3.15. The van der Waals surface area contributed by atoms with Gasteiger partial charge in [0.25, 0.3) is 0 Å². The molecule has 0 radical (unpaired) electrons. The van der Waals surface area contributed by atoms with Gasteiger partial charge < -0.3 is 0 Å². The molecule has 0 N–H and O–H groups in total.